The summed E-state index contributed by atoms with van der Waals surface area (Å²) in [7, 11) is -6.95. The van der Waals surface area contributed by atoms with Gasteiger partial charge in [-0.1, -0.05) is 12.1 Å². The first-order valence-corrected chi connectivity index (χ1v) is 11.1. The van der Waals surface area contributed by atoms with E-state index in [9.17, 15) is 13.9 Å². The molecule has 0 saturated carbocycles. The van der Waals surface area contributed by atoms with Gasteiger partial charge in [0.25, 0.3) is 0 Å². The Morgan fingerprint density at radius 1 is 0.913 bits per heavy atom. The van der Waals surface area contributed by atoms with Gasteiger partial charge < -0.3 is 13.6 Å². The molecular weight excluding hydrogens is 338 g/mol. The second kappa shape index (κ2) is 8.91. The van der Waals surface area contributed by atoms with E-state index in [0.717, 1.165) is 0 Å². The first kappa shape index (κ1) is 20.3. The van der Waals surface area contributed by atoms with E-state index in [1.807, 2.05) is 0 Å². The fraction of sp³-hybridized carbons (Fsp3) is 0.533. The van der Waals surface area contributed by atoms with Crippen LogP contribution in [0.2, 0.25) is 0 Å². The maximum atomic E-state index is 13.2. The van der Waals surface area contributed by atoms with Crippen LogP contribution in [0.1, 0.15) is 38.1 Å². The van der Waals surface area contributed by atoms with Crippen LogP contribution in [0.4, 0.5) is 0 Å². The number of hydrogen-bond acceptors (Lipinski definition) is 6. The summed E-state index contributed by atoms with van der Waals surface area (Å²) < 4.78 is 41.8. The summed E-state index contributed by atoms with van der Waals surface area (Å²) >= 11 is 0. The second-order valence-electron chi connectivity index (χ2n) is 4.78. The Bertz CT molecular complexity index is 601. The van der Waals surface area contributed by atoms with E-state index >= 15 is 0 Å². The highest BCUT2D eigenvalue weighted by Gasteiger charge is 2.38. The highest BCUT2D eigenvalue weighted by Crippen LogP contribution is 2.62. The third kappa shape index (κ3) is 5.66. The van der Waals surface area contributed by atoms with Gasteiger partial charge in [0.1, 0.15) is 5.90 Å². The molecule has 23 heavy (non-hydrogen) atoms. The molecule has 0 saturated heterocycles. The molecular formula is C15H24O6P2. The van der Waals surface area contributed by atoms with Gasteiger partial charge in [-0.2, -0.15) is 0 Å². The summed E-state index contributed by atoms with van der Waals surface area (Å²) in [5.41, 5.74) is 0.509. The van der Waals surface area contributed by atoms with Gasteiger partial charge in [0.2, 0.25) is 7.37 Å². The molecule has 0 radical (unpaired) electrons. The van der Waals surface area contributed by atoms with E-state index in [0.29, 0.717) is 10.9 Å². The normalized spacial score (nSPS) is 14.4. The molecule has 0 amide bonds. The standard InChI is InChI=1S/C15H24O6P2/c1-5-19-22(17,12-23(18,20-6-2)21-7-3)15-10-8-14(9-11-15)13(4)16/h8-11H,5-7,12H2,1-4H3. The van der Waals surface area contributed by atoms with Gasteiger partial charge in [-0.15, -0.1) is 0 Å². The quantitative estimate of drug-likeness (QED) is 0.461. The minimum Gasteiger partial charge on any atom is -0.325 e. The highest BCUT2D eigenvalue weighted by molar-refractivity contribution is 7.78. The molecule has 0 N–H and O–H groups in total. The van der Waals surface area contributed by atoms with Gasteiger partial charge in [0, 0.05) is 10.9 Å². The van der Waals surface area contributed by atoms with Crippen molar-refractivity contribution in [3.63, 3.8) is 0 Å². The highest BCUT2D eigenvalue weighted by atomic mass is 31.2. The molecule has 0 aliphatic rings. The van der Waals surface area contributed by atoms with E-state index < -0.39 is 15.0 Å². The summed E-state index contributed by atoms with van der Waals surface area (Å²) in [5, 5.41) is 0.393. The molecule has 1 aromatic rings. The lowest BCUT2D eigenvalue weighted by molar-refractivity contribution is 0.101. The van der Waals surface area contributed by atoms with Crippen LogP contribution in [0.15, 0.2) is 24.3 Å². The van der Waals surface area contributed by atoms with E-state index in [1.165, 1.54) is 6.92 Å². The van der Waals surface area contributed by atoms with Crippen molar-refractivity contribution in [2.45, 2.75) is 27.7 Å². The maximum Gasteiger partial charge on any atom is 0.340 e. The van der Waals surface area contributed by atoms with Gasteiger partial charge in [-0.25, -0.2) is 0 Å². The molecule has 1 unspecified atom stereocenters. The topological polar surface area (TPSA) is 78.9 Å². The largest absolute Gasteiger partial charge is 0.340 e. The minimum atomic E-state index is -3.52. The van der Waals surface area contributed by atoms with Crippen LogP contribution in [0.3, 0.4) is 0 Å². The van der Waals surface area contributed by atoms with Crippen molar-refractivity contribution in [2.24, 2.45) is 0 Å². The zero-order valence-electron chi connectivity index (χ0n) is 14.0. The van der Waals surface area contributed by atoms with Gasteiger partial charge in [0.15, 0.2) is 5.78 Å². The number of hydrogen-bond donors (Lipinski definition) is 0. The molecule has 8 heteroatoms. The van der Waals surface area contributed by atoms with Crippen molar-refractivity contribution >= 4 is 26.1 Å². The third-order valence-corrected chi connectivity index (χ3v) is 8.95. The van der Waals surface area contributed by atoms with E-state index in [2.05, 4.69) is 0 Å². The summed E-state index contributed by atoms with van der Waals surface area (Å²) in [6.45, 7) is 7.12. The lowest BCUT2D eigenvalue weighted by Gasteiger charge is -2.23. The van der Waals surface area contributed by atoms with E-state index in [1.54, 1.807) is 45.0 Å². The average Bonchev–Trinajstić information content (AvgIpc) is 2.47. The Morgan fingerprint density at radius 2 is 1.39 bits per heavy atom. The van der Waals surface area contributed by atoms with Crippen molar-refractivity contribution < 1.29 is 27.5 Å². The maximum absolute atomic E-state index is 13.2. The van der Waals surface area contributed by atoms with Crippen molar-refractivity contribution in [3.8, 4) is 0 Å². The van der Waals surface area contributed by atoms with Crippen LogP contribution < -0.4 is 5.30 Å². The second-order valence-corrected chi connectivity index (χ2v) is 9.77. The molecule has 0 heterocycles. The molecule has 130 valence electrons. The number of ketones is 1. The average molecular weight is 362 g/mol. The first-order chi connectivity index (χ1) is 10.8. The predicted molar refractivity (Wildman–Crippen MR) is 91.0 cm³/mol. The smallest absolute Gasteiger partial charge is 0.325 e. The molecule has 0 bridgehead atoms. The molecule has 6 nitrogen and oxygen atoms in total. The lowest BCUT2D eigenvalue weighted by Crippen LogP contribution is -2.13. The van der Waals surface area contributed by atoms with Crippen LogP contribution >= 0.6 is 15.0 Å². The summed E-state index contributed by atoms with van der Waals surface area (Å²) in [6.07, 6.45) is 0. The Labute approximate surface area is 137 Å². The van der Waals surface area contributed by atoms with Crippen LogP contribution in [0, 0.1) is 0 Å². The Kier molecular flexibility index (Phi) is 7.85. The Balaban J connectivity index is 3.17. The molecule has 1 atom stereocenters. The van der Waals surface area contributed by atoms with Crippen LogP contribution in [-0.4, -0.2) is 31.5 Å². The van der Waals surface area contributed by atoms with Gasteiger partial charge in [0.05, 0.1) is 19.8 Å². The summed E-state index contributed by atoms with van der Waals surface area (Å²) in [5.74, 6) is -0.410. The van der Waals surface area contributed by atoms with E-state index in [4.69, 9.17) is 13.6 Å². The van der Waals surface area contributed by atoms with Crippen LogP contribution in [0.25, 0.3) is 0 Å². The molecule has 1 aromatic carbocycles. The van der Waals surface area contributed by atoms with Crippen molar-refractivity contribution in [2.75, 3.05) is 25.7 Å². The summed E-state index contributed by atoms with van der Waals surface area (Å²) in [4.78, 5) is 11.3. The van der Waals surface area contributed by atoms with E-state index in [-0.39, 0.29) is 31.5 Å². The molecule has 0 aliphatic carbocycles. The van der Waals surface area contributed by atoms with Gasteiger partial charge in [-0.05, 0) is 39.8 Å². The molecule has 0 fully saturated rings. The number of benzene rings is 1. The van der Waals surface area contributed by atoms with Crippen LogP contribution in [0.5, 0.6) is 0 Å². The fourth-order valence-corrected chi connectivity index (χ4v) is 7.56. The minimum absolute atomic E-state index is 0.0860. The monoisotopic (exact) mass is 362 g/mol. The van der Waals surface area contributed by atoms with Crippen molar-refractivity contribution in [1.82, 2.24) is 0 Å². The fourth-order valence-electron chi connectivity index (χ4n) is 2.07. The lowest BCUT2D eigenvalue weighted by atomic mass is 10.2. The molecule has 0 aromatic heterocycles. The molecule has 1 rings (SSSR count). The Hall–Kier alpha value is -0.770. The third-order valence-electron chi connectivity index (χ3n) is 3.02. The summed E-state index contributed by atoms with van der Waals surface area (Å²) in [6, 6.07) is 6.29. The number of rotatable bonds is 10. The number of carbonyl (C=O) groups excluding carboxylic acids is 1. The zero-order chi connectivity index (χ0) is 17.5. The number of Topliss-reactive ketones (excluding diaryl/α,β-unsaturated/α-hetero) is 1. The first-order valence-electron chi connectivity index (χ1n) is 7.53. The SMILES string of the molecule is CCOP(=O)(CP(=O)(OCC)c1ccc(C(C)=O)cc1)OCC. The van der Waals surface area contributed by atoms with Crippen molar-refractivity contribution in [1.29, 1.82) is 0 Å². The molecule has 0 spiro atoms. The van der Waals surface area contributed by atoms with Gasteiger partial charge in [-0.3, -0.25) is 13.9 Å². The zero-order valence-corrected chi connectivity index (χ0v) is 15.8. The number of carbonyl (C=O) groups is 1. The Morgan fingerprint density at radius 3 is 1.78 bits per heavy atom. The molecule has 0 aliphatic heterocycles. The van der Waals surface area contributed by atoms with Gasteiger partial charge >= 0.3 is 7.60 Å². The van der Waals surface area contributed by atoms with Crippen molar-refractivity contribution in [3.05, 3.63) is 29.8 Å². The predicted octanol–water partition coefficient (Wildman–Crippen LogP) is 4.05. The van der Waals surface area contributed by atoms with Crippen LogP contribution in [-0.2, 0) is 22.7 Å².